The summed E-state index contributed by atoms with van der Waals surface area (Å²) in [5, 5.41) is 0. The van der Waals surface area contributed by atoms with Crippen LogP contribution in [0.25, 0.3) is 0 Å². The van der Waals surface area contributed by atoms with Gasteiger partial charge in [0.25, 0.3) is 0 Å². The molecule has 0 heterocycles. The molecule has 0 spiro atoms. The normalized spacial score (nSPS) is 11.4. The summed E-state index contributed by atoms with van der Waals surface area (Å²) >= 11 is 0. The molecule has 0 aromatic rings. The van der Waals surface area contributed by atoms with Gasteiger partial charge in [-0.15, -0.1) is 7.92 Å². The maximum absolute atomic E-state index is 5.79. The van der Waals surface area contributed by atoms with Gasteiger partial charge < -0.3 is 5.73 Å². The summed E-state index contributed by atoms with van der Waals surface area (Å²) in [4.78, 5) is 0. The third kappa shape index (κ3) is 14.8. The maximum atomic E-state index is 5.79. The maximum Gasteiger partial charge on any atom is -0.00378 e. The van der Waals surface area contributed by atoms with E-state index in [0.29, 0.717) is 0 Å². The van der Waals surface area contributed by atoms with Crippen molar-refractivity contribution in [2.45, 2.75) is 90.9 Å². The molecule has 0 amide bonds. The molecule has 20 heavy (non-hydrogen) atoms. The van der Waals surface area contributed by atoms with Crippen molar-refractivity contribution in [2.75, 3.05) is 25.0 Å². The predicted octanol–water partition coefficient (Wildman–Crippen LogP) is 6.15. The van der Waals surface area contributed by atoms with E-state index >= 15 is 0 Å². The first kappa shape index (κ1) is 20.4. The average Bonchev–Trinajstić information content (AvgIpc) is 2.46. The van der Waals surface area contributed by atoms with Crippen LogP contribution in [0.5, 0.6) is 0 Å². The summed E-state index contributed by atoms with van der Waals surface area (Å²) in [7, 11) is 0.265. The first-order chi connectivity index (χ1) is 9.85. The zero-order chi connectivity index (χ0) is 14.9. The monoisotopic (exact) mass is 301 g/mol. The second-order valence-electron chi connectivity index (χ2n) is 6.17. The molecule has 0 rings (SSSR count). The van der Waals surface area contributed by atoms with Crippen molar-refractivity contribution in [3.8, 4) is 0 Å². The van der Waals surface area contributed by atoms with Gasteiger partial charge in [-0.05, 0) is 37.9 Å². The number of unbranched alkanes of at least 4 members (excludes halogenated alkanes) is 10. The Morgan fingerprint density at radius 1 is 0.550 bits per heavy atom. The smallest absolute Gasteiger partial charge is 0.00378 e. The van der Waals surface area contributed by atoms with Crippen LogP contribution in [0.15, 0.2) is 0 Å². The van der Waals surface area contributed by atoms with E-state index in [1.807, 2.05) is 0 Å². The van der Waals surface area contributed by atoms with E-state index in [1.54, 1.807) is 0 Å². The summed E-state index contributed by atoms with van der Waals surface area (Å²) in [6.45, 7) is 5.50. The molecule has 0 aliphatic carbocycles. The topological polar surface area (TPSA) is 26.0 Å². The predicted molar refractivity (Wildman–Crippen MR) is 97.3 cm³/mol. The molecule has 0 radical (unpaired) electrons. The molecule has 0 aromatic heterocycles. The van der Waals surface area contributed by atoms with Crippen molar-refractivity contribution < 1.29 is 0 Å². The second kappa shape index (κ2) is 17.4. The summed E-state index contributed by atoms with van der Waals surface area (Å²) in [6.07, 6.45) is 21.5. The van der Waals surface area contributed by atoms with Gasteiger partial charge >= 0.3 is 0 Å². The summed E-state index contributed by atoms with van der Waals surface area (Å²) < 4.78 is 0. The average molecular weight is 301 g/mol. The fourth-order valence-electron chi connectivity index (χ4n) is 2.75. The summed E-state index contributed by atoms with van der Waals surface area (Å²) in [6, 6.07) is 0. The molecule has 0 saturated heterocycles. The van der Waals surface area contributed by atoms with Crippen molar-refractivity contribution in [2.24, 2.45) is 5.73 Å². The third-order valence-corrected chi connectivity index (χ3v) is 6.89. The minimum atomic E-state index is 0.265. The Labute approximate surface area is 130 Å². The lowest BCUT2D eigenvalue weighted by atomic mass is 10.1. The fraction of sp³-hybridized carbons (Fsp3) is 1.00. The van der Waals surface area contributed by atoms with Crippen LogP contribution in [-0.4, -0.2) is 25.0 Å². The number of hydrogen-bond donors (Lipinski definition) is 1. The Morgan fingerprint density at radius 2 is 0.950 bits per heavy atom. The molecule has 0 atom stereocenters. The Balaban J connectivity index is 3.45. The Kier molecular flexibility index (Phi) is 17.8. The Hall–Kier alpha value is 0.390. The third-order valence-electron chi connectivity index (χ3n) is 4.10. The Bertz CT molecular complexity index is 157. The van der Waals surface area contributed by atoms with Crippen molar-refractivity contribution in [3.05, 3.63) is 0 Å². The fourth-order valence-corrected chi connectivity index (χ4v) is 5.13. The number of rotatable bonds is 16. The highest BCUT2D eigenvalue weighted by Crippen LogP contribution is 2.37. The van der Waals surface area contributed by atoms with E-state index in [0.717, 1.165) is 6.54 Å². The van der Waals surface area contributed by atoms with Gasteiger partial charge in [-0.2, -0.15) is 0 Å². The summed E-state index contributed by atoms with van der Waals surface area (Å²) in [5.41, 5.74) is 5.79. The van der Waals surface area contributed by atoms with Gasteiger partial charge in [-0.1, -0.05) is 78.1 Å². The Morgan fingerprint density at radius 3 is 1.35 bits per heavy atom. The van der Waals surface area contributed by atoms with Crippen molar-refractivity contribution in [1.29, 1.82) is 0 Å². The van der Waals surface area contributed by atoms with Crippen LogP contribution in [0, 0.1) is 0 Å². The van der Waals surface area contributed by atoms with Gasteiger partial charge in [-0.25, -0.2) is 0 Å². The molecule has 0 aliphatic heterocycles. The zero-order valence-corrected chi connectivity index (χ0v) is 15.2. The highest BCUT2D eigenvalue weighted by atomic mass is 31.1. The highest BCUT2D eigenvalue weighted by molar-refractivity contribution is 7.57. The molecule has 2 N–H and O–H groups in total. The first-order valence-corrected chi connectivity index (χ1v) is 11.2. The van der Waals surface area contributed by atoms with E-state index in [-0.39, 0.29) is 7.92 Å². The van der Waals surface area contributed by atoms with Crippen LogP contribution in [0.2, 0.25) is 0 Å². The SMILES string of the molecule is CCCCCCCCP(CCN)CCCCCCCC. The van der Waals surface area contributed by atoms with Gasteiger partial charge in [-0.3, -0.25) is 0 Å². The molecular weight excluding hydrogens is 261 g/mol. The molecule has 2 heteroatoms. The molecule has 0 aliphatic rings. The van der Waals surface area contributed by atoms with E-state index in [1.165, 1.54) is 95.5 Å². The molecule has 0 fully saturated rings. The number of nitrogens with two attached hydrogens (primary N) is 1. The van der Waals surface area contributed by atoms with Crippen LogP contribution < -0.4 is 5.73 Å². The minimum absolute atomic E-state index is 0.265. The van der Waals surface area contributed by atoms with E-state index in [2.05, 4.69) is 13.8 Å². The van der Waals surface area contributed by atoms with E-state index in [9.17, 15) is 0 Å². The lowest BCUT2D eigenvalue weighted by molar-refractivity contribution is 0.622. The quantitative estimate of drug-likeness (QED) is 0.268. The van der Waals surface area contributed by atoms with Crippen molar-refractivity contribution >= 4 is 7.92 Å². The largest absolute Gasteiger partial charge is 0.330 e. The lowest BCUT2D eigenvalue weighted by Gasteiger charge is -2.16. The summed E-state index contributed by atoms with van der Waals surface area (Å²) in [5.74, 6) is 0. The molecule has 0 bridgehead atoms. The first-order valence-electron chi connectivity index (χ1n) is 9.27. The standard InChI is InChI=1S/C18H40NP/c1-3-5-7-9-11-13-16-20(18-15-19)17-14-12-10-8-6-4-2/h3-19H2,1-2H3. The van der Waals surface area contributed by atoms with Gasteiger partial charge in [0.05, 0.1) is 0 Å². The van der Waals surface area contributed by atoms with Gasteiger partial charge in [0.15, 0.2) is 0 Å². The second-order valence-corrected chi connectivity index (χ2v) is 8.85. The van der Waals surface area contributed by atoms with Crippen LogP contribution in [0.3, 0.4) is 0 Å². The molecule has 1 nitrogen and oxygen atoms in total. The molecule has 0 saturated carbocycles. The van der Waals surface area contributed by atoms with Crippen LogP contribution in [0.1, 0.15) is 90.9 Å². The van der Waals surface area contributed by atoms with Crippen molar-refractivity contribution in [1.82, 2.24) is 0 Å². The van der Waals surface area contributed by atoms with Gasteiger partial charge in [0.2, 0.25) is 0 Å². The van der Waals surface area contributed by atoms with Gasteiger partial charge in [0.1, 0.15) is 0 Å². The molecular formula is C18H40NP. The lowest BCUT2D eigenvalue weighted by Crippen LogP contribution is -2.07. The van der Waals surface area contributed by atoms with Crippen molar-refractivity contribution in [3.63, 3.8) is 0 Å². The van der Waals surface area contributed by atoms with E-state index < -0.39 is 0 Å². The van der Waals surface area contributed by atoms with Crippen LogP contribution in [-0.2, 0) is 0 Å². The molecule has 0 aromatic carbocycles. The van der Waals surface area contributed by atoms with E-state index in [4.69, 9.17) is 5.73 Å². The van der Waals surface area contributed by atoms with Crippen LogP contribution in [0.4, 0.5) is 0 Å². The molecule has 122 valence electrons. The zero-order valence-electron chi connectivity index (χ0n) is 14.3. The minimum Gasteiger partial charge on any atom is -0.330 e. The highest BCUT2D eigenvalue weighted by Gasteiger charge is 2.06. The van der Waals surface area contributed by atoms with Gasteiger partial charge in [0, 0.05) is 0 Å². The number of hydrogen-bond acceptors (Lipinski definition) is 1. The molecule has 0 unspecified atom stereocenters. The van der Waals surface area contributed by atoms with Crippen LogP contribution >= 0.6 is 7.92 Å².